The Hall–Kier alpha value is -2.79. The lowest BCUT2D eigenvalue weighted by Gasteiger charge is -2.10. The zero-order valence-corrected chi connectivity index (χ0v) is 16.2. The highest BCUT2D eigenvalue weighted by Crippen LogP contribution is 2.33. The van der Waals surface area contributed by atoms with Crippen LogP contribution in [0.3, 0.4) is 0 Å². The molecule has 140 valence electrons. The molecule has 0 amide bonds. The molecular weight excluding hydrogens is 364 g/mol. The number of hydrogen-bond donors (Lipinski definition) is 1. The zero-order chi connectivity index (χ0) is 19.6. The van der Waals surface area contributed by atoms with Crippen molar-refractivity contribution in [3.63, 3.8) is 0 Å². The Balaban J connectivity index is 2.16. The van der Waals surface area contributed by atoms with Crippen molar-refractivity contribution in [1.29, 1.82) is 0 Å². The van der Waals surface area contributed by atoms with Gasteiger partial charge in [0.05, 0.1) is 24.1 Å². The molecule has 0 spiro atoms. The number of nitrogens with zero attached hydrogens (tertiary/aromatic N) is 2. The van der Waals surface area contributed by atoms with E-state index in [9.17, 15) is 9.90 Å². The second-order valence-corrected chi connectivity index (χ2v) is 7.15. The Bertz CT molecular complexity index is 962. The van der Waals surface area contributed by atoms with E-state index in [0.29, 0.717) is 27.9 Å². The average Bonchev–Trinajstić information content (AvgIpc) is 3.04. The first kappa shape index (κ1) is 19.0. The Morgan fingerprint density at radius 3 is 2.48 bits per heavy atom. The van der Waals surface area contributed by atoms with E-state index in [0.717, 1.165) is 17.8 Å². The van der Waals surface area contributed by atoms with Crippen LogP contribution >= 0.6 is 11.6 Å². The minimum atomic E-state index is -0.988. The molecule has 0 aliphatic heterocycles. The summed E-state index contributed by atoms with van der Waals surface area (Å²) in [5, 5.41) is 14.7. The molecule has 0 atom stereocenters. The van der Waals surface area contributed by atoms with E-state index in [-0.39, 0.29) is 5.56 Å². The number of aromatic carboxylic acids is 1. The van der Waals surface area contributed by atoms with Crippen molar-refractivity contribution in [1.82, 2.24) is 9.78 Å². The van der Waals surface area contributed by atoms with E-state index < -0.39 is 5.97 Å². The van der Waals surface area contributed by atoms with Gasteiger partial charge in [-0.1, -0.05) is 37.6 Å². The normalized spacial score (nSPS) is 11.0. The van der Waals surface area contributed by atoms with Crippen molar-refractivity contribution in [2.24, 2.45) is 5.92 Å². The lowest BCUT2D eigenvalue weighted by atomic mass is 10.1. The Morgan fingerprint density at radius 1 is 1.19 bits per heavy atom. The molecule has 2 aromatic carbocycles. The Labute approximate surface area is 163 Å². The Kier molecular flexibility index (Phi) is 5.51. The van der Waals surface area contributed by atoms with E-state index in [1.807, 2.05) is 35.0 Å². The number of hydrogen-bond acceptors (Lipinski definition) is 3. The smallest absolute Gasteiger partial charge is 0.335 e. The molecule has 5 nitrogen and oxygen atoms in total. The van der Waals surface area contributed by atoms with Crippen LogP contribution in [0, 0.1) is 5.92 Å². The fraction of sp³-hybridized carbons (Fsp3) is 0.238. The lowest BCUT2D eigenvalue weighted by Crippen LogP contribution is -2.07. The van der Waals surface area contributed by atoms with E-state index in [1.54, 1.807) is 19.2 Å². The summed E-state index contributed by atoms with van der Waals surface area (Å²) in [7, 11) is 1.56. The molecule has 6 heteroatoms. The van der Waals surface area contributed by atoms with Crippen LogP contribution in [0.1, 0.15) is 24.2 Å². The maximum atomic E-state index is 11.4. The number of halogens is 1. The van der Waals surface area contributed by atoms with Crippen molar-refractivity contribution in [2.75, 3.05) is 7.11 Å². The van der Waals surface area contributed by atoms with Gasteiger partial charge in [0.15, 0.2) is 0 Å². The minimum Gasteiger partial charge on any atom is -0.496 e. The highest BCUT2D eigenvalue weighted by Gasteiger charge is 2.17. The quantitative estimate of drug-likeness (QED) is 0.631. The number of carbonyl (C=O) groups is 1. The standard InChI is InChI=1S/C21H21ClN2O3/c1-13(2)12-24-19(14-4-7-16(22)8-5-14)11-18(23-24)17-10-15(21(25)26)6-9-20(17)27-3/h4-11,13H,12H2,1-3H3,(H,25,26). The van der Waals surface area contributed by atoms with Crippen molar-refractivity contribution in [3.8, 4) is 28.3 Å². The predicted octanol–water partition coefficient (Wildman–Crippen LogP) is 5.23. The molecule has 0 bridgehead atoms. The fourth-order valence-corrected chi connectivity index (χ4v) is 3.05. The SMILES string of the molecule is COc1ccc(C(=O)O)cc1-c1cc(-c2ccc(Cl)cc2)n(CC(C)C)n1. The second-order valence-electron chi connectivity index (χ2n) is 6.72. The molecule has 27 heavy (non-hydrogen) atoms. The number of methoxy groups -OCH3 is 1. The van der Waals surface area contributed by atoms with Crippen molar-refractivity contribution < 1.29 is 14.6 Å². The van der Waals surface area contributed by atoms with Gasteiger partial charge in [0, 0.05) is 17.1 Å². The summed E-state index contributed by atoms with van der Waals surface area (Å²) in [6.07, 6.45) is 0. The molecule has 0 aliphatic rings. The first-order chi connectivity index (χ1) is 12.9. The maximum absolute atomic E-state index is 11.4. The number of carboxylic acid groups (broad SMARTS) is 1. The second kappa shape index (κ2) is 7.84. The van der Waals surface area contributed by atoms with Gasteiger partial charge in [0.25, 0.3) is 0 Å². The molecule has 0 radical (unpaired) electrons. The van der Waals surface area contributed by atoms with Crippen molar-refractivity contribution in [2.45, 2.75) is 20.4 Å². The van der Waals surface area contributed by atoms with Gasteiger partial charge >= 0.3 is 5.97 Å². The highest BCUT2D eigenvalue weighted by atomic mass is 35.5. The minimum absolute atomic E-state index is 0.192. The summed E-state index contributed by atoms with van der Waals surface area (Å²) in [5.41, 5.74) is 3.44. The predicted molar refractivity (Wildman–Crippen MR) is 106 cm³/mol. The van der Waals surface area contributed by atoms with Gasteiger partial charge in [-0.2, -0.15) is 5.10 Å². The lowest BCUT2D eigenvalue weighted by molar-refractivity contribution is 0.0697. The van der Waals surface area contributed by atoms with Crippen LogP contribution in [0.15, 0.2) is 48.5 Å². The molecule has 0 fully saturated rings. The van der Waals surface area contributed by atoms with Crippen molar-refractivity contribution >= 4 is 17.6 Å². The van der Waals surface area contributed by atoms with E-state index in [1.165, 1.54) is 6.07 Å². The largest absolute Gasteiger partial charge is 0.496 e. The highest BCUT2D eigenvalue weighted by molar-refractivity contribution is 6.30. The summed E-state index contributed by atoms with van der Waals surface area (Å²) >= 11 is 6.02. The summed E-state index contributed by atoms with van der Waals surface area (Å²) in [6, 6.07) is 14.3. The average molecular weight is 385 g/mol. The van der Waals surface area contributed by atoms with Gasteiger partial charge in [-0.3, -0.25) is 4.68 Å². The van der Waals surface area contributed by atoms with Gasteiger partial charge in [-0.15, -0.1) is 0 Å². The first-order valence-corrected chi connectivity index (χ1v) is 9.02. The van der Waals surface area contributed by atoms with Crippen LogP contribution in [0.2, 0.25) is 5.02 Å². The molecule has 1 heterocycles. The summed E-state index contributed by atoms with van der Waals surface area (Å²) < 4.78 is 7.37. The van der Waals surface area contributed by atoms with Crippen LogP contribution in [-0.2, 0) is 6.54 Å². The van der Waals surface area contributed by atoms with Gasteiger partial charge in [-0.25, -0.2) is 4.79 Å². The van der Waals surface area contributed by atoms with Gasteiger partial charge in [0.2, 0.25) is 0 Å². The molecule has 0 aliphatic carbocycles. The molecule has 0 saturated carbocycles. The van der Waals surface area contributed by atoms with Gasteiger partial charge < -0.3 is 9.84 Å². The molecule has 3 rings (SSSR count). The van der Waals surface area contributed by atoms with Crippen LogP contribution in [-0.4, -0.2) is 28.0 Å². The Morgan fingerprint density at radius 2 is 1.89 bits per heavy atom. The topological polar surface area (TPSA) is 64.3 Å². The summed E-state index contributed by atoms with van der Waals surface area (Å²) in [6.45, 7) is 4.98. The van der Waals surface area contributed by atoms with Crippen LogP contribution in [0.5, 0.6) is 5.75 Å². The number of rotatable bonds is 6. The number of carboxylic acids is 1. The zero-order valence-electron chi connectivity index (χ0n) is 15.4. The number of benzene rings is 2. The molecule has 1 aromatic heterocycles. The van der Waals surface area contributed by atoms with E-state index in [2.05, 4.69) is 13.8 Å². The molecule has 3 aromatic rings. The number of ether oxygens (including phenoxy) is 1. The third kappa shape index (κ3) is 4.14. The molecule has 1 N–H and O–H groups in total. The third-order valence-electron chi connectivity index (χ3n) is 4.18. The van der Waals surface area contributed by atoms with E-state index in [4.69, 9.17) is 21.4 Å². The van der Waals surface area contributed by atoms with Crippen LogP contribution < -0.4 is 4.74 Å². The van der Waals surface area contributed by atoms with Crippen LogP contribution in [0.25, 0.3) is 22.5 Å². The maximum Gasteiger partial charge on any atom is 0.335 e. The molecule has 0 unspecified atom stereocenters. The summed E-state index contributed by atoms with van der Waals surface area (Å²) in [5.74, 6) is -0.00802. The van der Waals surface area contributed by atoms with E-state index >= 15 is 0 Å². The first-order valence-electron chi connectivity index (χ1n) is 8.64. The van der Waals surface area contributed by atoms with Gasteiger partial charge in [0.1, 0.15) is 5.75 Å². The van der Waals surface area contributed by atoms with Crippen LogP contribution in [0.4, 0.5) is 0 Å². The molecular formula is C21H21ClN2O3. The van der Waals surface area contributed by atoms with Crippen molar-refractivity contribution in [3.05, 3.63) is 59.1 Å². The number of aromatic nitrogens is 2. The summed E-state index contributed by atoms with van der Waals surface area (Å²) in [4.78, 5) is 11.4. The fourth-order valence-electron chi connectivity index (χ4n) is 2.93. The third-order valence-corrected chi connectivity index (χ3v) is 4.43. The van der Waals surface area contributed by atoms with Gasteiger partial charge in [-0.05, 0) is 47.9 Å². The monoisotopic (exact) mass is 384 g/mol. The molecule has 0 saturated heterocycles.